The van der Waals surface area contributed by atoms with Gasteiger partial charge in [-0.2, -0.15) is 0 Å². The number of fused-ring (bicyclic) bond motifs is 2. The summed E-state index contributed by atoms with van der Waals surface area (Å²) in [5, 5.41) is 20.6. The van der Waals surface area contributed by atoms with Crippen molar-refractivity contribution in [3.63, 3.8) is 0 Å². The number of rotatable bonds is 2. The third-order valence-corrected chi connectivity index (χ3v) is 8.54. The Balaban J connectivity index is 2.34. The second-order valence-corrected chi connectivity index (χ2v) is 8.31. The molecule has 3 rings (SSSR count). The molecule has 0 unspecified atom stereocenters. The Morgan fingerprint density at radius 3 is 1.25 bits per heavy atom. The van der Waals surface area contributed by atoms with Crippen LogP contribution in [0.4, 0.5) is 0 Å². The molecule has 1 heterocycles. The van der Waals surface area contributed by atoms with Gasteiger partial charge >= 0.3 is 0 Å². The van der Waals surface area contributed by atoms with Gasteiger partial charge in [0.1, 0.15) is 0 Å². The molecule has 2 aromatic rings. The first-order chi connectivity index (χ1) is 11.3. The first-order valence-corrected chi connectivity index (χ1v) is 10.3. The van der Waals surface area contributed by atoms with Crippen LogP contribution in [-0.4, -0.2) is 10.2 Å². The fourth-order valence-electron chi connectivity index (χ4n) is 2.62. The zero-order chi connectivity index (χ0) is 17.8. The smallest absolute Gasteiger partial charge is 0.186 e. The van der Waals surface area contributed by atoms with Gasteiger partial charge in [-0.1, -0.05) is 13.8 Å². The highest BCUT2D eigenvalue weighted by molar-refractivity contribution is 9.15. The summed E-state index contributed by atoms with van der Waals surface area (Å²) in [5.74, 6) is 1.52. The van der Waals surface area contributed by atoms with Crippen molar-refractivity contribution in [1.82, 2.24) is 0 Å². The third kappa shape index (κ3) is 2.57. The van der Waals surface area contributed by atoms with Gasteiger partial charge in [0, 0.05) is 11.1 Å². The molecular weight excluding hydrogens is 576 g/mol. The Hall–Kier alpha value is -0.440. The minimum absolute atomic E-state index is 0.161. The van der Waals surface area contributed by atoms with Crippen molar-refractivity contribution in [2.45, 2.75) is 26.7 Å². The van der Waals surface area contributed by atoms with Crippen molar-refractivity contribution in [3.8, 4) is 34.5 Å². The first-order valence-electron chi connectivity index (χ1n) is 7.14. The van der Waals surface area contributed by atoms with Gasteiger partial charge in [-0.15, -0.1) is 0 Å². The molecule has 0 bridgehead atoms. The van der Waals surface area contributed by atoms with Crippen LogP contribution in [0.1, 0.15) is 25.0 Å². The molecule has 0 aromatic heterocycles. The number of phenolic OH excluding ortho intramolecular Hbond substituents is 2. The largest absolute Gasteiger partial charge is 0.504 e. The van der Waals surface area contributed by atoms with Crippen molar-refractivity contribution in [2.75, 3.05) is 0 Å². The molecule has 0 saturated carbocycles. The Morgan fingerprint density at radius 1 is 0.625 bits per heavy atom. The standard InChI is InChI=1S/C16H12Br4O4/c1-3-5-11(21)12(22)6(4-2)14-13(5)23-15-9(19)7(17)8(18)10(20)16(15)24-14/h21-22H,3-4H2,1-2H3. The van der Waals surface area contributed by atoms with E-state index in [0.29, 0.717) is 55.9 Å². The molecule has 2 N–H and O–H groups in total. The fourth-order valence-corrected chi connectivity index (χ4v) is 4.83. The lowest BCUT2D eigenvalue weighted by molar-refractivity contribution is 0.333. The highest BCUT2D eigenvalue weighted by Gasteiger charge is 2.33. The summed E-state index contributed by atoms with van der Waals surface area (Å²) in [6, 6.07) is 0. The normalized spacial score (nSPS) is 12.2. The molecule has 0 atom stereocenters. The second kappa shape index (κ2) is 6.70. The summed E-state index contributed by atoms with van der Waals surface area (Å²) in [6.07, 6.45) is 0.974. The Kier molecular flexibility index (Phi) is 5.12. The topological polar surface area (TPSA) is 58.9 Å². The van der Waals surface area contributed by atoms with Crippen LogP contribution in [0, 0.1) is 0 Å². The number of halogens is 4. The van der Waals surface area contributed by atoms with Crippen LogP contribution in [0.3, 0.4) is 0 Å². The Morgan fingerprint density at radius 2 is 0.958 bits per heavy atom. The van der Waals surface area contributed by atoms with Crippen molar-refractivity contribution < 1.29 is 19.7 Å². The number of ether oxygens (including phenoxy) is 2. The van der Waals surface area contributed by atoms with E-state index in [9.17, 15) is 10.2 Å². The molecule has 4 nitrogen and oxygen atoms in total. The molecule has 8 heteroatoms. The van der Waals surface area contributed by atoms with Crippen LogP contribution in [0.15, 0.2) is 17.9 Å². The van der Waals surface area contributed by atoms with Gasteiger partial charge in [-0.05, 0) is 76.6 Å². The van der Waals surface area contributed by atoms with E-state index < -0.39 is 0 Å². The van der Waals surface area contributed by atoms with Gasteiger partial charge in [0.2, 0.25) is 0 Å². The molecule has 24 heavy (non-hydrogen) atoms. The van der Waals surface area contributed by atoms with E-state index in [1.54, 1.807) is 0 Å². The zero-order valence-corrected chi connectivity index (χ0v) is 19.0. The number of aromatic hydroxyl groups is 2. The highest BCUT2D eigenvalue weighted by atomic mass is 79.9. The Labute approximate surface area is 172 Å². The van der Waals surface area contributed by atoms with Crippen LogP contribution in [0.5, 0.6) is 34.5 Å². The quantitative estimate of drug-likeness (QED) is 0.190. The van der Waals surface area contributed by atoms with Crippen LogP contribution >= 0.6 is 63.7 Å². The number of hydrogen-bond donors (Lipinski definition) is 2. The van der Waals surface area contributed by atoms with Crippen LogP contribution < -0.4 is 9.47 Å². The maximum absolute atomic E-state index is 10.3. The average Bonchev–Trinajstić information content (AvgIpc) is 2.58. The van der Waals surface area contributed by atoms with Gasteiger partial charge < -0.3 is 19.7 Å². The van der Waals surface area contributed by atoms with E-state index in [-0.39, 0.29) is 11.5 Å². The van der Waals surface area contributed by atoms with Gasteiger partial charge in [-0.25, -0.2) is 0 Å². The Bertz CT molecular complexity index is 795. The van der Waals surface area contributed by atoms with Gasteiger partial charge in [-0.3, -0.25) is 0 Å². The molecule has 0 amide bonds. The van der Waals surface area contributed by atoms with E-state index >= 15 is 0 Å². The van der Waals surface area contributed by atoms with E-state index in [4.69, 9.17) is 9.47 Å². The van der Waals surface area contributed by atoms with Gasteiger partial charge in [0.05, 0.1) is 17.9 Å². The number of benzene rings is 2. The van der Waals surface area contributed by atoms with Crippen molar-refractivity contribution in [1.29, 1.82) is 0 Å². The summed E-state index contributed by atoms with van der Waals surface area (Å²) in [4.78, 5) is 0. The summed E-state index contributed by atoms with van der Waals surface area (Å²) < 4.78 is 15.1. The fraction of sp³-hybridized carbons (Fsp3) is 0.250. The third-order valence-electron chi connectivity index (χ3n) is 3.85. The molecule has 2 aromatic carbocycles. The lowest BCUT2D eigenvalue weighted by Crippen LogP contribution is -2.07. The molecule has 0 saturated heterocycles. The van der Waals surface area contributed by atoms with E-state index in [2.05, 4.69) is 63.7 Å². The molecule has 0 radical (unpaired) electrons. The van der Waals surface area contributed by atoms with E-state index in [1.165, 1.54) is 0 Å². The second-order valence-electron chi connectivity index (χ2n) is 5.14. The predicted molar refractivity (Wildman–Crippen MR) is 106 cm³/mol. The summed E-state index contributed by atoms with van der Waals surface area (Å²) in [6.45, 7) is 3.75. The molecular formula is C16H12Br4O4. The van der Waals surface area contributed by atoms with Crippen molar-refractivity contribution >= 4 is 63.7 Å². The summed E-state index contributed by atoms with van der Waals surface area (Å²) >= 11 is 14.0. The molecule has 1 aliphatic heterocycles. The molecule has 0 aliphatic carbocycles. The minimum Gasteiger partial charge on any atom is -0.504 e. The first kappa shape index (κ1) is 18.4. The van der Waals surface area contributed by atoms with Crippen LogP contribution in [0.2, 0.25) is 0 Å². The van der Waals surface area contributed by atoms with Crippen molar-refractivity contribution in [3.05, 3.63) is 29.0 Å². The summed E-state index contributed by atoms with van der Waals surface area (Å²) in [7, 11) is 0. The number of phenols is 2. The van der Waals surface area contributed by atoms with E-state index in [0.717, 1.165) is 8.95 Å². The van der Waals surface area contributed by atoms with Crippen molar-refractivity contribution in [2.24, 2.45) is 0 Å². The minimum atomic E-state index is -0.161. The highest BCUT2D eigenvalue weighted by Crippen LogP contribution is 2.60. The monoisotopic (exact) mass is 584 g/mol. The van der Waals surface area contributed by atoms with Crippen LogP contribution in [0.25, 0.3) is 0 Å². The molecule has 128 valence electrons. The van der Waals surface area contributed by atoms with Gasteiger partial charge in [0.15, 0.2) is 34.5 Å². The maximum atomic E-state index is 10.3. The zero-order valence-electron chi connectivity index (χ0n) is 12.6. The summed E-state index contributed by atoms with van der Waals surface area (Å²) in [5.41, 5.74) is 1.01. The molecule has 0 spiro atoms. The SMILES string of the molecule is CCc1c(O)c(O)c(CC)c2c1Oc1c(Br)c(Br)c(Br)c(Br)c1O2. The lowest BCUT2D eigenvalue weighted by atomic mass is 10.0. The van der Waals surface area contributed by atoms with Crippen LogP contribution in [-0.2, 0) is 12.8 Å². The maximum Gasteiger partial charge on any atom is 0.186 e. The molecule has 1 aliphatic rings. The average molecular weight is 588 g/mol. The molecule has 0 fully saturated rings. The van der Waals surface area contributed by atoms with Gasteiger partial charge in [0.25, 0.3) is 0 Å². The lowest BCUT2D eigenvalue weighted by Gasteiger charge is -2.28. The van der Waals surface area contributed by atoms with E-state index in [1.807, 2.05) is 13.8 Å². The number of hydrogen-bond acceptors (Lipinski definition) is 4. The predicted octanol–water partition coefficient (Wildman–Crippen LogP) is 7.17.